The Labute approximate surface area is 112 Å². The van der Waals surface area contributed by atoms with E-state index in [0.29, 0.717) is 20.9 Å². The first-order valence-electron chi connectivity index (χ1n) is 4.83. The van der Waals surface area contributed by atoms with Crippen LogP contribution in [0.3, 0.4) is 0 Å². The Balaban J connectivity index is 2.07. The van der Waals surface area contributed by atoms with Crippen molar-refractivity contribution in [3.05, 3.63) is 57.5 Å². The Bertz CT molecular complexity index is 515. The molecule has 0 N–H and O–H groups in total. The van der Waals surface area contributed by atoms with Crippen LogP contribution < -0.4 is 4.74 Å². The van der Waals surface area contributed by atoms with Gasteiger partial charge in [-0.15, -0.1) is 0 Å². The zero-order valence-electron chi connectivity index (χ0n) is 8.66. The molecule has 17 heavy (non-hydrogen) atoms. The first kappa shape index (κ1) is 12.3. The van der Waals surface area contributed by atoms with Crippen LogP contribution in [0.1, 0.15) is 5.69 Å². The molecule has 88 valence electrons. The van der Waals surface area contributed by atoms with Gasteiger partial charge in [0.1, 0.15) is 18.2 Å². The van der Waals surface area contributed by atoms with Crippen LogP contribution in [-0.4, -0.2) is 4.98 Å². The lowest BCUT2D eigenvalue weighted by atomic mass is 10.3. The van der Waals surface area contributed by atoms with Crippen molar-refractivity contribution < 1.29 is 9.13 Å². The Morgan fingerprint density at radius 2 is 2.12 bits per heavy atom. The molecule has 0 aliphatic heterocycles. The number of hydrogen-bond acceptors (Lipinski definition) is 2. The van der Waals surface area contributed by atoms with Crippen LogP contribution >= 0.6 is 27.5 Å². The molecule has 5 heteroatoms. The molecule has 2 aromatic rings. The maximum Gasteiger partial charge on any atom is 0.130 e. The van der Waals surface area contributed by atoms with Gasteiger partial charge in [0.25, 0.3) is 0 Å². The molecule has 0 saturated heterocycles. The maximum absolute atomic E-state index is 13.1. The van der Waals surface area contributed by atoms with Gasteiger partial charge in [0.15, 0.2) is 0 Å². The van der Waals surface area contributed by atoms with Crippen molar-refractivity contribution >= 4 is 27.5 Å². The smallest absolute Gasteiger partial charge is 0.130 e. The van der Waals surface area contributed by atoms with Crippen molar-refractivity contribution in [2.45, 2.75) is 6.61 Å². The fraction of sp³-hybridized carbons (Fsp3) is 0.0833. The molecule has 1 aromatic heterocycles. The lowest BCUT2D eigenvalue weighted by Gasteiger charge is -2.06. The second-order valence-electron chi connectivity index (χ2n) is 3.36. The lowest BCUT2D eigenvalue weighted by Crippen LogP contribution is -1.98. The van der Waals surface area contributed by atoms with Crippen molar-refractivity contribution in [3.8, 4) is 5.75 Å². The number of halogens is 3. The van der Waals surface area contributed by atoms with E-state index in [1.54, 1.807) is 24.4 Å². The summed E-state index contributed by atoms with van der Waals surface area (Å²) in [5, 5.41) is 0.596. The van der Waals surface area contributed by atoms with Crippen LogP contribution in [0.2, 0.25) is 5.02 Å². The Morgan fingerprint density at radius 1 is 1.29 bits per heavy atom. The van der Waals surface area contributed by atoms with Gasteiger partial charge in [-0.25, -0.2) is 4.39 Å². The number of aromatic nitrogens is 1. The number of pyridine rings is 1. The minimum Gasteiger partial charge on any atom is -0.487 e. The maximum atomic E-state index is 13.1. The standard InChI is InChI=1S/C12H8BrClFNO/c13-8-3-10(15)6-12(4-8)17-7-11-5-9(14)1-2-16-11/h1-6H,7H2. The van der Waals surface area contributed by atoms with Gasteiger partial charge in [0, 0.05) is 21.8 Å². The Morgan fingerprint density at radius 3 is 2.82 bits per heavy atom. The zero-order valence-corrected chi connectivity index (χ0v) is 11.0. The molecule has 0 fully saturated rings. The summed E-state index contributed by atoms with van der Waals surface area (Å²) in [6.45, 7) is 0.246. The number of ether oxygens (including phenoxy) is 1. The van der Waals surface area contributed by atoms with Gasteiger partial charge in [0.2, 0.25) is 0 Å². The average molecular weight is 317 g/mol. The highest BCUT2D eigenvalue weighted by atomic mass is 79.9. The summed E-state index contributed by atoms with van der Waals surface area (Å²) < 4.78 is 19.1. The van der Waals surface area contributed by atoms with Crippen LogP contribution in [0.25, 0.3) is 0 Å². The van der Waals surface area contributed by atoms with Crippen LogP contribution in [0, 0.1) is 5.82 Å². The van der Waals surface area contributed by atoms with Gasteiger partial charge in [-0.05, 0) is 24.3 Å². The highest BCUT2D eigenvalue weighted by molar-refractivity contribution is 9.10. The summed E-state index contributed by atoms with van der Waals surface area (Å²) >= 11 is 9.01. The van der Waals surface area contributed by atoms with E-state index in [1.807, 2.05) is 0 Å². The van der Waals surface area contributed by atoms with E-state index < -0.39 is 0 Å². The largest absolute Gasteiger partial charge is 0.487 e. The quantitative estimate of drug-likeness (QED) is 0.846. The molecule has 0 saturated carbocycles. The monoisotopic (exact) mass is 315 g/mol. The second kappa shape index (κ2) is 5.47. The lowest BCUT2D eigenvalue weighted by molar-refractivity contribution is 0.299. The van der Waals surface area contributed by atoms with E-state index in [2.05, 4.69) is 20.9 Å². The number of benzene rings is 1. The number of hydrogen-bond donors (Lipinski definition) is 0. The number of nitrogens with zero attached hydrogens (tertiary/aromatic N) is 1. The van der Waals surface area contributed by atoms with E-state index in [0.717, 1.165) is 0 Å². The molecule has 0 aliphatic carbocycles. The molecule has 0 spiro atoms. The van der Waals surface area contributed by atoms with Gasteiger partial charge >= 0.3 is 0 Å². The Kier molecular flexibility index (Phi) is 3.97. The van der Waals surface area contributed by atoms with Crippen LogP contribution in [-0.2, 0) is 6.61 Å². The van der Waals surface area contributed by atoms with E-state index in [4.69, 9.17) is 16.3 Å². The van der Waals surface area contributed by atoms with Crippen molar-refractivity contribution in [1.82, 2.24) is 4.98 Å². The average Bonchev–Trinajstić information content (AvgIpc) is 2.25. The molecule has 0 amide bonds. The van der Waals surface area contributed by atoms with Gasteiger partial charge < -0.3 is 4.74 Å². The van der Waals surface area contributed by atoms with Gasteiger partial charge in [0.05, 0.1) is 5.69 Å². The third-order valence-electron chi connectivity index (χ3n) is 2.00. The third kappa shape index (κ3) is 3.68. The summed E-state index contributed by atoms with van der Waals surface area (Å²) in [7, 11) is 0. The summed E-state index contributed by atoms with van der Waals surface area (Å²) in [4.78, 5) is 4.08. The molecule has 2 rings (SSSR count). The van der Waals surface area contributed by atoms with Gasteiger partial charge in [-0.3, -0.25) is 4.98 Å². The molecule has 0 atom stereocenters. The highest BCUT2D eigenvalue weighted by Crippen LogP contribution is 2.21. The Hall–Kier alpha value is -1.13. The minimum absolute atomic E-state index is 0.246. The molecule has 1 heterocycles. The highest BCUT2D eigenvalue weighted by Gasteiger charge is 2.02. The second-order valence-corrected chi connectivity index (χ2v) is 4.71. The minimum atomic E-state index is -0.353. The third-order valence-corrected chi connectivity index (χ3v) is 2.69. The fourth-order valence-electron chi connectivity index (χ4n) is 1.30. The van der Waals surface area contributed by atoms with Gasteiger partial charge in [-0.1, -0.05) is 27.5 Å². The SMILES string of the molecule is Fc1cc(Br)cc(OCc2cc(Cl)ccn2)c1. The van der Waals surface area contributed by atoms with E-state index >= 15 is 0 Å². The molecule has 1 aromatic carbocycles. The van der Waals surface area contributed by atoms with E-state index in [1.165, 1.54) is 12.1 Å². The molecular weight excluding hydrogens is 308 g/mol. The summed E-state index contributed by atoms with van der Waals surface area (Å²) in [5.41, 5.74) is 0.692. The molecular formula is C12H8BrClFNO. The fourth-order valence-corrected chi connectivity index (χ4v) is 1.92. The van der Waals surface area contributed by atoms with Crippen LogP contribution in [0.4, 0.5) is 4.39 Å². The van der Waals surface area contributed by atoms with Gasteiger partial charge in [-0.2, -0.15) is 0 Å². The zero-order chi connectivity index (χ0) is 12.3. The summed E-state index contributed by atoms with van der Waals surface area (Å²) in [6, 6.07) is 7.76. The molecule has 0 bridgehead atoms. The molecule has 2 nitrogen and oxygen atoms in total. The van der Waals surface area contributed by atoms with E-state index in [-0.39, 0.29) is 12.4 Å². The number of rotatable bonds is 3. The summed E-state index contributed by atoms with van der Waals surface area (Å²) in [6.07, 6.45) is 1.60. The molecule has 0 unspecified atom stereocenters. The predicted octanol–water partition coefficient (Wildman–Crippen LogP) is 4.22. The van der Waals surface area contributed by atoms with Crippen molar-refractivity contribution in [1.29, 1.82) is 0 Å². The van der Waals surface area contributed by atoms with Crippen LogP contribution in [0.5, 0.6) is 5.75 Å². The van der Waals surface area contributed by atoms with Crippen molar-refractivity contribution in [3.63, 3.8) is 0 Å². The summed E-state index contributed by atoms with van der Waals surface area (Å²) in [5.74, 6) is 0.0899. The predicted molar refractivity (Wildman–Crippen MR) is 67.7 cm³/mol. The first-order chi connectivity index (χ1) is 8.13. The van der Waals surface area contributed by atoms with Crippen LogP contribution in [0.15, 0.2) is 41.0 Å². The topological polar surface area (TPSA) is 22.1 Å². The molecule has 0 radical (unpaired) electrons. The first-order valence-corrected chi connectivity index (χ1v) is 6.00. The van der Waals surface area contributed by atoms with E-state index in [9.17, 15) is 4.39 Å². The molecule has 0 aliphatic rings. The normalized spacial score (nSPS) is 10.3. The van der Waals surface area contributed by atoms with Crippen molar-refractivity contribution in [2.75, 3.05) is 0 Å². The van der Waals surface area contributed by atoms with Crippen molar-refractivity contribution in [2.24, 2.45) is 0 Å².